The fourth-order valence-electron chi connectivity index (χ4n) is 6.00. The monoisotopic (exact) mass is 481 g/mol. The normalized spacial score (nSPS) is 25.6. The quantitative estimate of drug-likeness (QED) is 0.629. The molecule has 4 aliphatic rings. The number of nitriles is 1. The molecular formula is C26H25Cl2N3O2. The van der Waals surface area contributed by atoms with E-state index >= 15 is 0 Å². The molecule has 4 atom stereocenters. The van der Waals surface area contributed by atoms with Crippen molar-refractivity contribution in [2.75, 3.05) is 19.6 Å². The average molecular weight is 482 g/mol. The molecule has 1 saturated carbocycles. The first-order chi connectivity index (χ1) is 15.9. The molecule has 3 heterocycles. The van der Waals surface area contributed by atoms with Crippen LogP contribution in [0.1, 0.15) is 40.7 Å². The number of fused-ring (bicyclic) bond motifs is 2. The van der Waals surface area contributed by atoms with Gasteiger partial charge in [0.25, 0.3) is 5.91 Å². The molecule has 6 rings (SSSR count). The van der Waals surface area contributed by atoms with E-state index in [9.17, 15) is 14.9 Å². The van der Waals surface area contributed by atoms with Crippen LogP contribution in [0.4, 0.5) is 0 Å². The van der Waals surface area contributed by atoms with Gasteiger partial charge in [-0.2, -0.15) is 5.26 Å². The second-order valence-corrected chi connectivity index (χ2v) is 10.3. The molecule has 2 bridgehead atoms. The Morgan fingerprint density at radius 2 is 1.76 bits per heavy atom. The maximum Gasteiger partial charge on any atom is 0.253 e. The minimum atomic E-state index is -0.0578. The smallest absolute Gasteiger partial charge is 0.253 e. The summed E-state index contributed by atoms with van der Waals surface area (Å²) in [5.41, 5.74) is 1.93. The Kier molecular flexibility index (Phi) is 6.07. The maximum atomic E-state index is 13.2. The SMILES string of the molecule is N#Cc1cc(C(=O)N2CC3C4CCC(C3C2)N(C(=O)CCc2ccc(Cl)cc2)C4)ccc1Cl. The summed E-state index contributed by atoms with van der Waals surface area (Å²) in [7, 11) is 0. The third-order valence-electron chi connectivity index (χ3n) is 7.66. The summed E-state index contributed by atoms with van der Waals surface area (Å²) >= 11 is 12.0. The highest BCUT2D eigenvalue weighted by Crippen LogP contribution is 2.47. The summed E-state index contributed by atoms with van der Waals surface area (Å²) in [6, 6.07) is 14.8. The Balaban J connectivity index is 1.26. The van der Waals surface area contributed by atoms with Crippen molar-refractivity contribution in [1.82, 2.24) is 9.80 Å². The zero-order chi connectivity index (χ0) is 23.1. The number of rotatable bonds is 4. The Morgan fingerprint density at radius 1 is 1.00 bits per heavy atom. The molecule has 0 N–H and O–H groups in total. The van der Waals surface area contributed by atoms with Crippen LogP contribution in [0.3, 0.4) is 0 Å². The number of aryl methyl sites for hydroxylation is 1. The van der Waals surface area contributed by atoms with Gasteiger partial charge in [0.15, 0.2) is 0 Å². The number of carbonyl (C=O) groups is 2. The Morgan fingerprint density at radius 3 is 2.52 bits per heavy atom. The van der Waals surface area contributed by atoms with E-state index < -0.39 is 0 Å². The van der Waals surface area contributed by atoms with Crippen molar-refractivity contribution < 1.29 is 9.59 Å². The van der Waals surface area contributed by atoms with E-state index in [0.29, 0.717) is 58.3 Å². The lowest BCUT2D eigenvalue weighted by molar-refractivity contribution is -0.143. The zero-order valence-electron chi connectivity index (χ0n) is 18.2. The number of amides is 2. The summed E-state index contributed by atoms with van der Waals surface area (Å²) in [5.74, 6) is 1.36. The molecular weight excluding hydrogens is 457 g/mol. The lowest BCUT2D eigenvalue weighted by atomic mass is 9.66. The van der Waals surface area contributed by atoms with Gasteiger partial charge >= 0.3 is 0 Å². The van der Waals surface area contributed by atoms with Gasteiger partial charge in [0.2, 0.25) is 5.91 Å². The number of hydrogen-bond donors (Lipinski definition) is 0. The van der Waals surface area contributed by atoms with Crippen molar-refractivity contribution in [2.24, 2.45) is 17.8 Å². The number of benzene rings is 2. The molecule has 2 aromatic rings. The molecule has 3 aliphatic heterocycles. The Labute approximate surface area is 203 Å². The van der Waals surface area contributed by atoms with Crippen molar-refractivity contribution in [2.45, 2.75) is 31.7 Å². The molecule has 0 radical (unpaired) electrons. The predicted octanol–water partition coefficient (Wildman–Crippen LogP) is 4.81. The molecule has 0 aromatic heterocycles. The number of halogens is 2. The summed E-state index contributed by atoms with van der Waals surface area (Å²) in [4.78, 5) is 30.3. The Bertz CT molecular complexity index is 1130. The van der Waals surface area contributed by atoms with Crippen LogP contribution in [0.2, 0.25) is 10.0 Å². The highest BCUT2D eigenvalue weighted by Gasteiger charge is 2.53. The van der Waals surface area contributed by atoms with E-state index in [1.807, 2.05) is 35.2 Å². The van der Waals surface area contributed by atoms with Crippen LogP contribution in [0.25, 0.3) is 0 Å². The van der Waals surface area contributed by atoms with Crippen LogP contribution in [-0.2, 0) is 11.2 Å². The first-order valence-electron chi connectivity index (χ1n) is 11.5. The fourth-order valence-corrected chi connectivity index (χ4v) is 6.29. The van der Waals surface area contributed by atoms with Crippen LogP contribution in [0.15, 0.2) is 42.5 Å². The van der Waals surface area contributed by atoms with Gasteiger partial charge in [0.05, 0.1) is 10.6 Å². The largest absolute Gasteiger partial charge is 0.339 e. The van der Waals surface area contributed by atoms with Crippen LogP contribution < -0.4 is 0 Å². The first-order valence-corrected chi connectivity index (χ1v) is 12.2. The molecule has 3 saturated heterocycles. The molecule has 2 aromatic carbocycles. The summed E-state index contributed by atoms with van der Waals surface area (Å²) in [6.07, 6.45) is 3.33. The highest BCUT2D eigenvalue weighted by atomic mass is 35.5. The topological polar surface area (TPSA) is 64.4 Å². The Hall–Kier alpha value is -2.55. The van der Waals surface area contributed by atoms with Crippen LogP contribution >= 0.6 is 23.2 Å². The van der Waals surface area contributed by atoms with Gasteiger partial charge in [-0.1, -0.05) is 35.3 Å². The van der Waals surface area contributed by atoms with Gasteiger partial charge in [0.1, 0.15) is 6.07 Å². The predicted molar refractivity (Wildman–Crippen MR) is 127 cm³/mol. The van der Waals surface area contributed by atoms with Crippen molar-refractivity contribution in [3.8, 4) is 6.07 Å². The van der Waals surface area contributed by atoms with E-state index in [2.05, 4.69) is 4.90 Å². The first kappa shape index (κ1) is 22.3. The lowest BCUT2D eigenvalue weighted by Gasteiger charge is -2.52. The summed E-state index contributed by atoms with van der Waals surface area (Å²) in [6.45, 7) is 2.19. The van der Waals surface area contributed by atoms with E-state index in [4.69, 9.17) is 23.2 Å². The fraction of sp³-hybridized carbons (Fsp3) is 0.423. The van der Waals surface area contributed by atoms with Gasteiger partial charge in [-0.15, -0.1) is 0 Å². The number of nitrogens with zero attached hydrogens (tertiary/aromatic N) is 3. The molecule has 0 spiro atoms. The second kappa shape index (κ2) is 9.00. The molecule has 1 aliphatic carbocycles. The van der Waals surface area contributed by atoms with E-state index in [0.717, 1.165) is 31.5 Å². The summed E-state index contributed by atoms with van der Waals surface area (Å²) < 4.78 is 0. The highest BCUT2D eigenvalue weighted by molar-refractivity contribution is 6.31. The average Bonchev–Trinajstić information content (AvgIpc) is 3.31. The molecule has 5 nitrogen and oxygen atoms in total. The molecule has 33 heavy (non-hydrogen) atoms. The molecule has 4 fully saturated rings. The third-order valence-corrected chi connectivity index (χ3v) is 8.24. The van der Waals surface area contributed by atoms with E-state index in [1.165, 1.54) is 0 Å². The van der Waals surface area contributed by atoms with Gasteiger partial charge in [0, 0.05) is 48.6 Å². The maximum absolute atomic E-state index is 13.2. The van der Waals surface area contributed by atoms with Crippen LogP contribution in [-0.4, -0.2) is 47.3 Å². The van der Waals surface area contributed by atoms with Crippen LogP contribution in [0, 0.1) is 29.1 Å². The van der Waals surface area contributed by atoms with Gasteiger partial charge < -0.3 is 9.80 Å². The second-order valence-electron chi connectivity index (χ2n) is 9.42. The van der Waals surface area contributed by atoms with Gasteiger partial charge in [-0.25, -0.2) is 0 Å². The number of likely N-dealkylation sites (tertiary alicyclic amines) is 1. The van der Waals surface area contributed by atoms with Crippen molar-refractivity contribution in [3.05, 3.63) is 69.2 Å². The number of piperidine rings is 2. The molecule has 2 amide bonds. The molecule has 4 unspecified atom stereocenters. The minimum absolute atomic E-state index is 0.0578. The summed E-state index contributed by atoms with van der Waals surface area (Å²) in [5, 5.41) is 10.3. The van der Waals surface area contributed by atoms with Crippen molar-refractivity contribution in [1.29, 1.82) is 5.26 Å². The van der Waals surface area contributed by atoms with E-state index in [-0.39, 0.29) is 17.9 Å². The van der Waals surface area contributed by atoms with E-state index in [1.54, 1.807) is 18.2 Å². The number of carbonyl (C=O) groups excluding carboxylic acids is 2. The van der Waals surface area contributed by atoms with Crippen LogP contribution in [0.5, 0.6) is 0 Å². The lowest BCUT2D eigenvalue weighted by Crippen LogP contribution is -2.59. The van der Waals surface area contributed by atoms with Gasteiger partial charge in [-0.05, 0) is 67.0 Å². The molecule has 170 valence electrons. The third kappa shape index (κ3) is 4.23. The standard InChI is InChI=1S/C26H25Cl2N3O2/c27-20-6-1-16(2-7-20)3-10-25(32)31-13-18-5-9-24(31)22-15-30(14-21(18)22)26(33)17-4-8-23(28)19(11-17)12-29/h1-2,4,6-8,11,18,21-22,24H,3,5,9-10,13-15H2. The zero-order valence-corrected chi connectivity index (χ0v) is 19.7. The number of hydrogen-bond acceptors (Lipinski definition) is 3. The van der Waals surface area contributed by atoms with Gasteiger partial charge in [-0.3, -0.25) is 9.59 Å². The molecule has 7 heteroatoms. The minimum Gasteiger partial charge on any atom is -0.339 e. The van der Waals surface area contributed by atoms with Crippen molar-refractivity contribution >= 4 is 35.0 Å². The van der Waals surface area contributed by atoms with Crippen molar-refractivity contribution in [3.63, 3.8) is 0 Å².